The maximum Gasteiger partial charge on any atom is 0.435 e. The number of hydrogen-bond acceptors (Lipinski definition) is 3. The van der Waals surface area contributed by atoms with E-state index in [0.29, 0.717) is 0 Å². The number of aromatic nitrogens is 2. The maximum atomic E-state index is 12.5. The number of nitrogens with one attached hydrogen (secondary N) is 1. The van der Waals surface area contributed by atoms with Crippen molar-refractivity contribution in [3.05, 3.63) is 40.3 Å². The van der Waals surface area contributed by atoms with Gasteiger partial charge in [0.15, 0.2) is 5.69 Å². The fraction of sp³-hybridized carbons (Fsp3) is 0.500. The Balaban J connectivity index is 2.08. The Labute approximate surface area is 125 Å². The summed E-state index contributed by atoms with van der Waals surface area (Å²) in [5.74, 6) is 0. The Bertz CT molecular complexity index is 567. The average molecular weight is 317 g/mol. The summed E-state index contributed by atoms with van der Waals surface area (Å²) in [4.78, 5) is 1.16. The Morgan fingerprint density at radius 3 is 2.48 bits per heavy atom. The summed E-state index contributed by atoms with van der Waals surface area (Å²) < 4.78 is 38.8. The van der Waals surface area contributed by atoms with Gasteiger partial charge in [0.05, 0.1) is 6.67 Å². The molecule has 0 saturated carbocycles. The minimum Gasteiger partial charge on any atom is -0.290 e. The van der Waals surface area contributed by atoms with Crippen LogP contribution in [0.5, 0.6) is 0 Å². The van der Waals surface area contributed by atoms with E-state index in [1.807, 2.05) is 17.5 Å². The molecule has 1 N–H and O–H groups in total. The lowest BCUT2D eigenvalue weighted by Gasteiger charge is -2.31. The highest BCUT2D eigenvalue weighted by Crippen LogP contribution is 2.35. The van der Waals surface area contributed by atoms with Gasteiger partial charge in [0.25, 0.3) is 0 Å². The van der Waals surface area contributed by atoms with Gasteiger partial charge in [-0.25, -0.2) is 0 Å². The number of alkyl halides is 3. The Hall–Kier alpha value is -1.34. The standard InChI is InChI=1S/C14H18F3N3S/c1-13(2,3)12(10-5-4-8-21-10)18-9-20-7-6-11(19-20)14(15,16)17/h4-8,12,18H,9H2,1-3H3. The van der Waals surface area contributed by atoms with Crippen molar-refractivity contribution in [2.24, 2.45) is 5.41 Å². The van der Waals surface area contributed by atoms with Gasteiger partial charge in [-0.3, -0.25) is 10.00 Å². The molecule has 0 bridgehead atoms. The quantitative estimate of drug-likeness (QED) is 0.911. The van der Waals surface area contributed by atoms with Crippen LogP contribution in [-0.2, 0) is 12.8 Å². The van der Waals surface area contributed by atoms with Crippen LogP contribution in [0.25, 0.3) is 0 Å². The van der Waals surface area contributed by atoms with Crippen LogP contribution in [0.3, 0.4) is 0 Å². The lowest BCUT2D eigenvalue weighted by atomic mass is 9.86. The van der Waals surface area contributed by atoms with Gasteiger partial charge in [0.1, 0.15) is 0 Å². The molecule has 0 spiro atoms. The van der Waals surface area contributed by atoms with Crippen LogP contribution < -0.4 is 5.32 Å². The minimum atomic E-state index is -4.40. The summed E-state index contributed by atoms with van der Waals surface area (Å²) in [7, 11) is 0. The first kappa shape index (κ1) is 16.0. The first-order chi connectivity index (χ1) is 9.68. The highest BCUT2D eigenvalue weighted by Gasteiger charge is 2.33. The largest absolute Gasteiger partial charge is 0.435 e. The van der Waals surface area contributed by atoms with E-state index in [1.165, 1.54) is 10.9 Å². The Kier molecular flexibility index (Phi) is 4.43. The zero-order chi connectivity index (χ0) is 15.7. The minimum absolute atomic E-state index is 0.0507. The zero-order valence-corrected chi connectivity index (χ0v) is 12.9. The molecule has 1 atom stereocenters. The van der Waals surface area contributed by atoms with Crippen LogP contribution in [0.1, 0.15) is 37.4 Å². The first-order valence-electron chi connectivity index (χ1n) is 6.55. The topological polar surface area (TPSA) is 29.9 Å². The van der Waals surface area contributed by atoms with Gasteiger partial charge < -0.3 is 0 Å². The highest BCUT2D eigenvalue weighted by molar-refractivity contribution is 7.10. The van der Waals surface area contributed by atoms with Crippen LogP contribution >= 0.6 is 11.3 Å². The van der Waals surface area contributed by atoms with Crippen LogP contribution in [-0.4, -0.2) is 9.78 Å². The van der Waals surface area contributed by atoms with E-state index in [0.717, 1.165) is 10.9 Å². The van der Waals surface area contributed by atoms with E-state index < -0.39 is 11.9 Å². The molecule has 21 heavy (non-hydrogen) atoms. The van der Waals surface area contributed by atoms with E-state index in [1.54, 1.807) is 11.3 Å². The molecular formula is C14H18F3N3S. The molecule has 2 heterocycles. The summed E-state index contributed by atoms with van der Waals surface area (Å²) in [6.07, 6.45) is -3.06. The highest BCUT2D eigenvalue weighted by atomic mass is 32.1. The van der Waals surface area contributed by atoms with E-state index in [9.17, 15) is 13.2 Å². The molecule has 0 fully saturated rings. The van der Waals surface area contributed by atoms with Gasteiger partial charge >= 0.3 is 6.18 Å². The summed E-state index contributed by atoms with van der Waals surface area (Å²) in [6.45, 7) is 6.51. The van der Waals surface area contributed by atoms with Crippen molar-refractivity contribution in [1.82, 2.24) is 15.1 Å². The lowest BCUT2D eigenvalue weighted by Crippen LogP contribution is -2.33. The van der Waals surface area contributed by atoms with Crippen molar-refractivity contribution >= 4 is 11.3 Å². The number of halogens is 3. The molecule has 0 aliphatic heterocycles. The second kappa shape index (κ2) is 5.81. The maximum absolute atomic E-state index is 12.5. The summed E-state index contributed by atoms with van der Waals surface area (Å²) >= 11 is 1.63. The van der Waals surface area contributed by atoms with Gasteiger partial charge in [-0.15, -0.1) is 11.3 Å². The molecule has 0 amide bonds. The van der Waals surface area contributed by atoms with Gasteiger partial charge in [-0.1, -0.05) is 26.8 Å². The number of hydrogen-bond donors (Lipinski definition) is 1. The fourth-order valence-electron chi connectivity index (χ4n) is 2.07. The molecule has 1 unspecified atom stereocenters. The fourth-order valence-corrected chi connectivity index (χ4v) is 3.12. The summed E-state index contributed by atoms with van der Waals surface area (Å²) in [5.41, 5.74) is -0.919. The van der Waals surface area contributed by atoms with Crippen molar-refractivity contribution in [3.63, 3.8) is 0 Å². The first-order valence-corrected chi connectivity index (χ1v) is 7.43. The van der Waals surface area contributed by atoms with Crippen molar-refractivity contribution in [3.8, 4) is 0 Å². The molecule has 2 aromatic rings. The van der Waals surface area contributed by atoms with E-state index in [-0.39, 0.29) is 18.1 Å². The van der Waals surface area contributed by atoms with Gasteiger partial charge in [0, 0.05) is 17.1 Å². The lowest BCUT2D eigenvalue weighted by molar-refractivity contribution is -0.141. The summed E-state index contributed by atoms with van der Waals surface area (Å²) in [5, 5.41) is 8.83. The molecule has 2 aromatic heterocycles. The molecule has 0 radical (unpaired) electrons. The second-order valence-electron chi connectivity index (χ2n) is 5.91. The average Bonchev–Trinajstić information content (AvgIpc) is 2.96. The molecule has 0 aliphatic carbocycles. The number of nitrogens with zero attached hydrogens (tertiary/aromatic N) is 2. The van der Waals surface area contributed by atoms with E-state index in [2.05, 4.69) is 31.2 Å². The van der Waals surface area contributed by atoms with Crippen molar-refractivity contribution < 1.29 is 13.2 Å². The molecule has 7 heteroatoms. The molecule has 2 rings (SSSR count). The zero-order valence-electron chi connectivity index (χ0n) is 12.1. The smallest absolute Gasteiger partial charge is 0.290 e. The van der Waals surface area contributed by atoms with Gasteiger partial charge in [-0.05, 0) is 22.9 Å². The second-order valence-corrected chi connectivity index (χ2v) is 6.89. The van der Waals surface area contributed by atoms with Crippen LogP contribution in [0, 0.1) is 5.41 Å². The van der Waals surface area contributed by atoms with Gasteiger partial charge in [-0.2, -0.15) is 18.3 Å². The molecule has 0 aliphatic rings. The number of thiophene rings is 1. The monoisotopic (exact) mass is 317 g/mol. The predicted molar refractivity (Wildman–Crippen MR) is 76.9 cm³/mol. The van der Waals surface area contributed by atoms with Gasteiger partial charge in [0.2, 0.25) is 0 Å². The van der Waals surface area contributed by atoms with Crippen molar-refractivity contribution in [2.45, 2.75) is 39.7 Å². The number of rotatable bonds is 4. The normalized spacial score (nSPS) is 14.4. The molecule has 0 saturated heterocycles. The van der Waals surface area contributed by atoms with Crippen LogP contribution in [0.2, 0.25) is 0 Å². The Morgan fingerprint density at radius 2 is 2.00 bits per heavy atom. The third kappa shape index (κ3) is 4.07. The van der Waals surface area contributed by atoms with Crippen molar-refractivity contribution in [1.29, 1.82) is 0 Å². The third-order valence-electron chi connectivity index (χ3n) is 3.08. The summed E-state index contributed by atoms with van der Waals surface area (Å²) in [6, 6.07) is 5.03. The molecule has 116 valence electrons. The SMILES string of the molecule is CC(C)(C)C(NCn1ccc(C(F)(F)F)n1)c1cccs1. The Morgan fingerprint density at radius 1 is 1.29 bits per heavy atom. The molecular weight excluding hydrogens is 299 g/mol. The third-order valence-corrected chi connectivity index (χ3v) is 4.02. The van der Waals surface area contributed by atoms with E-state index in [4.69, 9.17) is 0 Å². The molecule has 3 nitrogen and oxygen atoms in total. The van der Waals surface area contributed by atoms with Crippen molar-refractivity contribution in [2.75, 3.05) is 0 Å². The molecule has 0 aromatic carbocycles. The predicted octanol–water partition coefficient (Wildman–Crippen LogP) is 4.30. The van der Waals surface area contributed by atoms with Crippen LogP contribution in [0.15, 0.2) is 29.8 Å². The van der Waals surface area contributed by atoms with Crippen LogP contribution in [0.4, 0.5) is 13.2 Å². The van der Waals surface area contributed by atoms with E-state index >= 15 is 0 Å².